The molecule has 0 aromatic heterocycles. The van der Waals surface area contributed by atoms with Crippen molar-refractivity contribution in [1.82, 2.24) is 4.90 Å². The zero-order valence-electron chi connectivity index (χ0n) is 17.4. The van der Waals surface area contributed by atoms with Crippen molar-refractivity contribution in [3.8, 4) is 0 Å². The summed E-state index contributed by atoms with van der Waals surface area (Å²) in [4.78, 5) is 2.41. The number of hydrogen-bond acceptors (Lipinski definition) is 3. The maximum absolute atomic E-state index is 6.26. The quantitative estimate of drug-likeness (QED) is 0.729. The van der Waals surface area contributed by atoms with Gasteiger partial charge in [-0.3, -0.25) is 0 Å². The molecule has 1 aliphatic carbocycles. The van der Waals surface area contributed by atoms with E-state index in [0.717, 1.165) is 39.0 Å². The Labute approximate surface area is 160 Å². The molecule has 0 N–H and O–H groups in total. The molecule has 1 spiro atoms. The first-order valence-electron chi connectivity index (χ1n) is 10.4. The van der Waals surface area contributed by atoms with E-state index in [1.807, 2.05) is 0 Å². The van der Waals surface area contributed by atoms with Crippen LogP contribution in [0, 0.1) is 5.92 Å². The number of benzene rings is 1. The Morgan fingerprint density at radius 2 is 1.81 bits per heavy atom. The molecule has 0 radical (unpaired) electrons. The summed E-state index contributed by atoms with van der Waals surface area (Å²) in [5, 5.41) is 0. The van der Waals surface area contributed by atoms with E-state index in [9.17, 15) is 0 Å². The lowest BCUT2D eigenvalue weighted by Gasteiger charge is -2.26. The summed E-state index contributed by atoms with van der Waals surface area (Å²) in [7, 11) is 2.21. The van der Waals surface area contributed by atoms with Gasteiger partial charge < -0.3 is 14.4 Å². The fraction of sp³-hybridized carbons (Fsp3) is 0.739. The van der Waals surface area contributed by atoms with Crippen molar-refractivity contribution in [2.24, 2.45) is 5.92 Å². The Morgan fingerprint density at radius 1 is 1.15 bits per heavy atom. The molecule has 3 heteroatoms. The zero-order valence-corrected chi connectivity index (χ0v) is 17.4. The number of hydrogen-bond donors (Lipinski definition) is 0. The largest absolute Gasteiger partial charge is 0.347 e. The first kappa shape index (κ1) is 19.9. The van der Waals surface area contributed by atoms with Gasteiger partial charge in [0.05, 0.1) is 12.7 Å². The van der Waals surface area contributed by atoms with Gasteiger partial charge in [0.1, 0.15) is 0 Å². The first-order valence-corrected chi connectivity index (χ1v) is 10.4. The van der Waals surface area contributed by atoms with Crippen LogP contribution in [0.25, 0.3) is 0 Å². The van der Waals surface area contributed by atoms with Crippen LogP contribution in [0.1, 0.15) is 64.5 Å². The highest BCUT2D eigenvalue weighted by atomic mass is 16.7. The van der Waals surface area contributed by atoms with Crippen LogP contribution in [-0.2, 0) is 21.3 Å². The molecule has 3 rings (SSSR count). The van der Waals surface area contributed by atoms with Crippen molar-refractivity contribution in [2.45, 2.75) is 77.1 Å². The molecule has 1 aromatic carbocycles. The number of nitrogens with zero attached hydrogens (tertiary/aromatic N) is 1. The predicted molar refractivity (Wildman–Crippen MR) is 108 cm³/mol. The molecule has 0 amide bonds. The van der Waals surface area contributed by atoms with E-state index in [0.29, 0.717) is 5.92 Å². The van der Waals surface area contributed by atoms with Crippen LogP contribution in [0.2, 0.25) is 0 Å². The van der Waals surface area contributed by atoms with Crippen molar-refractivity contribution in [3.05, 3.63) is 35.4 Å². The molecule has 1 aliphatic heterocycles. The molecule has 2 unspecified atom stereocenters. The summed E-state index contributed by atoms with van der Waals surface area (Å²) in [6.45, 7) is 12.0. The third-order valence-electron chi connectivity index (χ3n) is 5.82. The van der Waals surface area contributed by atoms with Gasteiger partial charge in [0.25, 0.3) is 0 Å². The van der Waals surface area contributed by atoms with Crippen molar-refractivity contribution >= 4 is 0 Å². The van der Waals surface area contributed by atoms with Gasteiger partial charge in [-0.15, -0.1) is 0 Å². The van der Waals surface area contributed by atoms with Crippen molar-refractivity contribution in [3.63, 3.8) is 0 Å². The van der Waals surface area contributed by atoms with E-state index in [1.54, 1.807) is 0 Å². The van der Waals surface area contributed by atoms with Gasteiger partial charge in [-0.05, 0) is 48.8 Å². The third-order valence-corrected chi connectivity index (χ3v) is 5.82. The minimum Gasteiger partial charge on any atom is -0.347 e. The lowest BCUT2D eigenvalue weighted by Crippen LogP contribution is -2.35. The molecule has 1 saturated heterocycles. The SMILES string of the molecule is CC(Cc1ccc(C(C)(C)C)cc1)CN(C)CC1COC2(CCCC2)O1. The van der Waals surface area contributed by atoms with Gasteiger partial charge in [-0.1, -0.05) is 52.0 Å². The van der Waals surface area contributed by atoms with Gasteiger partial charge in [0.2, 0.25) is 0 Å². The van der Waals surface area contributed by atoms with Crippen LogP contribution in [0.5, 0.6) is 0 Å². The van der Waals surface area contributed by atoms with Crippen LogP contribution in [-0.4, -0.2) is 43.5 Å². The zero-order chi connectivity index (χ0) is 18.8. The highest BCUT2D eigenvalue weighted by Gasteiger charge is 2.43. The maximum atomic E-state index is 6.26. The smallest absolute Gasteiger partial charge is 0.168 e. The molecule has 1 saturated carbocycles. The van der Waals surface area contributed by atoms with Crippen LogP contribution in [0.3, 0.4) is 0 Å². The summed E-state index contributed by atoms with van der Waals surface area (Å²) in [5.41, 5.74) is 3.07. The molecule has 2 fully saturated rings. The lowest BCUT2D eigenvalue weighted by molar-refractivity contribution is -0.163. The molecule has 1 heterocycles. The van der Waals surface area contributed by atoms with Crippen LogP contribution in [0.15, 0.2) is 24.3 Å². The number of likely N-dealkylation sites (N-methyl/N-ethyl adjacent to an activating group) is 1. The summed E-state index contributed by atoms with van der Waals surface area (Å²) in [5.74, 6) is 0.398. The Kier molecular flexibility index (Phi) is 6.11. The monoisotopic (exact) mass is 359 g/mol. The molecule has 2 atom stereocenters. The lowest BCUT2D eigenvalue weighted by atomic mass is 9.86. The predicted octanol–water partition coefficient (Wildman–Crippen LogP) is 4.78. The molecule has 3 nitrogen and oxygen atoms in total. The van der Waals surface area contributed by atoms with E-state index < -0.39 is 0 Å². The molecular weight excluding hydrogens is 322 g/mol. The highest BCUT2D eigenvalue weighted by molar-refractivity contribution is 5.27. The van der Waals surface area contributed by atoms with E-state index >= 15 is 0 Å². The first-order chi connectivity index (χ1) is 12.3. The third kappa shape index (κ3) is 5.09. The molecular formula is C23H37NO2. The van der Waals surface area contributed by atoms with Gasteiger partial charge in [-0.2, -0.15) is 0 Å². The summed E-state index contributed by atoms with van der Waals surface area (Å²) in [6, 6.07) is 9.18. The van der Waals surface area contributed by atoms with Crippen molar-refractivity contribution in [1.29, 1.82) is 0 Å². The van der Waals surface area contributed by atoms with E-state index in [2.05, 4.69) is 63.9 Å². The molecule has 1 aromatic rings. The molecule has 0 bridgehead atoms. The van der Waals surface area contributed by atoms with E-state index in [1.165, 1.54) is 24.0 Å². The normalized spacial score (nSPS) is 23.8. The second-order valence-electron chi connectivity index (χ2n) is 9.65. The Morgan fingerprint density at radius 3 is 2.42 bits per heavy atom. The Hall–Kier alpha value is -0.900. The van der Waals surface area contributed by atoms with Gasteiger partial charge in [-0.25, -0.2) is 0 Å². The Bertz CT molecular complexity index is 569. The topological polar surface area (TPSA) is 21.7 Å². The highest BCUT2D eigenvalue weighted by Crippen LogP contribution is 2.39. The summed E-state index contributed by atoms with van der Waals surface area (Å²) in [6.07, 6.45) is 6.00. The fourth-order valence-electron chi connectivity index (χ4n) is 4.44. The standard InChI is InChI=1S/C23H37NO2/c1-18(14-19-8-10-20(11-9-19)22(2,3)4)15-24(5)16-21-17-25-23(26-21)12-6-7-13-23/h8-11,18,21H,6-7,12-17H2,1-5H3. The fourth-order valence-corrected chi connectivity index (χ4v) is 4.44. The van der Waals surface area contributed by atoms with E-state index in [-0.39, 0.29) is 17.3 Å². The van der Waals surface area contributed by atoms with Crippen LogP contribution < -0.4 is 0 Å². The van der Waals surface area contributed by atoms with Gasteiger partial charge >= 0.3 is 0 Å². The second-order valence-corrected chi connectivity index (χ2v) is 9.65. The average Bonchev–Trinajstić information content (AvgIpc) is 3.17. The second kappa shape index (κ2) is 8.00. The van der Waals surface area contributed by atoms with Gasteiger partial charge in [0.15, 0.2) is 5.79 Å². The van der Waals surface area contributed by atoms with Gasteiger partial charge in [0, 0.05) is 25.9 Å². The molecule has 146 valence electrons. The Balaban J connectivity index is 1.43. The van der Waals surface area contributed by atoms with Crippen LogP contribution in [0.4, 0.5) is 0 Å². The maximum Gasteiger partial charge on any atom is 0.168 e. The van der Waals surface area contributed by atoms with Crippen LogP contribution >= 0.6 is 0 Å². The van der Waals surface area contributed by atoms with Crippen molar-refractivity contribution < 1.29 is 9.47 Å². The summed E-state index contributed by atoms with van der Waals surface area (Å²) >= 11 is 0. The van der Waals surface area contributed by atoms with E-state index in [4.69, 9.17) is 9.47 Å². The number of rotatable bonds is 6. The minimum absolute atomic E-state index is 0.227. The average molecular weight is 360 g/mol. The summed E-state index contributed by atoms with van der Waals surface area (Å²) < 4.78 is 12.3. The minimum atomic E-state index is -0.230. The molecule has 26 heavy (non-hydrogen) atoms. The van der Waals surface area contributed by atoms with Crippen molar-refractivity contribution in [2.75, 3.05) is 26.7 Å². The molecule has 2 aliphatic rings. The number of ether oxygens (including phenoxy) is 2.